The van der Waals surface area contributed by atoms with E-state index in [1.807, 2.05) is 26.8 Å². The van der Waals surface area contributed by atoms with Crippen LogP contribution in [0.5, 0.6) is 0 Å². The SMILES string of the molecule is CC1(C)O[C@H]1C(=O)C[C@]1(C)CC[C@@H](c2ccoc2)O1. The number of carbonyl (C=O) groups excluding carboxylic acids is 1. The van der Waals surface area contributed by atoms with Crippen LogP contribution in [0.3, 0.4) is 0 Å². The number of Topliss-reactive ketones (excluding diaryl/α,β-unsaturated/α-hetero) is 1. The van der Waals surface area contributed by atoms with Crippen molar-refractivity contribution in [2.75, 3.05) is 0 Å². The van der Waals surface area contributed by atoms with Gasteiger partial charge >= 0.3 is 0 Å². The Morgan fingerprint density at radius 2 is 2.11 bits per heavy atom. The molecule has 1 aromatic heterocycles. The van der Waals surface area contributed by atoms with Crippen molar-refractivity contribution in [1.29, 1.82) is 0 Å². The van der Waals surface area contributed by atoms with Crippen molar-refractivity contribution >= 4 is 5.78 Å². The van der Waals surface area contributed by atoms with Crippen molar-refractivity contribution in [2.24, 2.45) is 0 Å². The molecule has 0 spiro atoms. The van der Waals surface area contributed by atoms with Crippen molar-refractivity contribution in [1.82, 2.24) is 0 Å². The minimum atomic E-state index is -0.374. The first kappa shape index (κ1) is 12.9. The highest BCUT2D eigenvalue weighted by atomic mass is 16.6. The topological polar surface area (TPSA) is 52.0 Å². The predicted octanol–water partition coefficient (Wildman–Crippen LogP) is 3.03. The molecule has 0 radical (unpaired) electrons. The molecule has 2 aliphatic heterocycles. The second-order valence-corrected chi connectivity index (χ2v) is 6.40. The van der Waals surface area contributed by atoms with Gasteiger partial charge in [-0.25, -0.2) is 0 Å². The first-order valence-corrected chi connectivity index (χ1v) is 6.80. The van der Waals surface area contributed by atoms with E-state index in [0.717, 1.165) is 18.4 Å². The van der Waals surface area contributed by atoms with Crippen LogP contribution < -0.4 is 0 Å². The van der Waals surface area contributed by atoms with Crippen molar-refractivity contribution in [3.05, 3.63) is 24.2 Å². The fourth-order valence-electron chi connectivity index (χ4n) is 2.91. The average molecular weight is 264 g/mol. The summed E-state index contributed by atoms with van der Waals surface area (Å²) in [5.74, 6) is 0.153. The molecule has 3 rings (SSSR count). The molecule has 4 nitrogen and oxygen atoms in total. The number of epoxide rings is 1. The largest absolute Gasteiger partial charge is 0.472 e. The lowest BCUT2D eigenvalue weighted by Gasteiger charge is -2.23. The molecular formula is C15H20O4. The van der Waals surface area contributed by atoms with E-state index in [0.29, 0.717) is 6.42 Å². The molecule has 2 saturated heterocycles. The zero-order valence-electron chi connectivity index (χ0n) is 11.6. The first-order chi connectivity index (χ1) is 8.90. The molecule has 0 saturated carbocycles. The van der Waals surface area contributed by atoms with E-state index in [1.54, 1.807) is 12.5 Å². The molecule has 0 bridgehead atoms. The average Bonchev–Trinajstić information content (AvgIpc) is 2.77. The van der Waals surface area contributed by atoms with Crippen molar-refractivity contribution in [3.8, 4) is 0 Å². The summed E-state index contributed by atoms with van der Waals surface area (Å²) in [6, 6.07) is 1.92. The molecule has 2 fully saturated rings. The van der Waals surface area contributed by atoms with E-state index >= 15 is 0 Å². The van der Waals surface area contributed by atoms with Gasteiger partial charge in [-0.15, -0.1) is 0 Å². The monoisotopic (exact) mass is 264 g/mol. The van der Waals surface area contributed by atoms with Gasteiger partial charge in [0.2, 0.25) is 0 Å². The summed E-state index contributed by atoms with van der Waals surface area (Å²) in [6.07, 6.45) is 5.41. The number of rotatable bonds is 4. The number of ketones is 1. The molecule has 19 heavy (non-hydrogen) atoms. The van der Waals surface area contributed by atoms with Gasteiger partial charge in [-0.05, 0) is 39.7 Å². The molecule has 0 aliphatic carbocycles. The maximum absolute atomic E-state index is 12.2. The Labute approximate surface area is 113 Å². The zero-order valence-corrected chi connectivity index (χ0v) is 11.6. The van der Waals surface area contributed by atoms with Gasteiger partial charge in [-0.2, -0.15) is 0 Å². The van der Waals surface area contributed by atoms with Crippen LogP contribution >= 0.6 is 0 Å². The number of furan rings is 1. The Morgan fingerprint density at radius 3 is 2.68 bits per heavy atom. The maximum Gasteiger partial charge on any atom is 0.167 e. The van der Waals surface area contributed by atoms with Gasteiger partial charge in [-0.1, -0.05) is 0 Å². The van der Waals surface area contributed by atoms with Crippen LogP contribution in [0.25, 0.3) is 0 Å². The van der Waals surface area contributed by atoms with Crippen LogP contribution in [0.2, 0.25) is 0 Å². The Balaban J connectivity index is 1.61. The van der Waals surface area contributed by atoms with E-state index in [9.17, 15) is 4.79 Å². The van der Waals surface area contributed by atoms with Gasteiger partial charge in [0.05, 0.1) is 29.8 Å². The van der Waals surface area contributed by atoms with Crippen LogP contribution in [0.15, 0.2) is 23.0 Å². The third-order valence-corrected chi connectivity index (χ3v) is 4.11. The van der Waals surface area contributed by atoms with Gasteiger partial charge < -0.3 is 13.9 Å². The van der Waals surface area contributed by atoms with Gasteiger partial charge in [0, 0.05) is 12.0 Å². The summed E-state index contributed by atoms with van der Waals surface area (Å²) in [4.78, 5) is 12.2. The van der Waals surface area contributed by atoms with E-state index in [1.165, 1.54) is 0 Å². The number of hydrogen-bond donors (Lipinski definition) is 0. The fraction of sp³-hybridized carbons (Fsp3) is 0.667. The summed E-state index contributed by atoms with van der Waals surface area (Å²) < 4.78 is 16.6. The van der Waals surface area contributed by atoms with Crippen molar-refractivity contribution < 1.29 is 18.7 Å². The molecule has 3 atom stereocenters. The summed E-state index contributed by atoms with van der Waals surface area (Å²) in [7, 11) is 0. The van der Waals surface area contributed by atoms with Crippen LogP contribution in [-0.4, -0.2) is 23.1 Å². The summed E-state index contributed by atoms with van der Waals surface area (Å²) in [5, 5.41) is 0. The third-order valence-electron chi connectivity index (χ3n) is 4.11. The second kappa shape index (κ2) is 4.18. The minimum Gasteiger partial charge on any atom is -0.472 e. The molecule has 0 unspecified atom stereocenters. The van der Waals surface area contributed by atoms with E-state index < -0.39 is 0 Å². The summed E-state index contributed by atoms with van der Waals surface area (Å²) >= 11 is 0. The van der Waals surface area contributed by atoms with E-state index in [2.05, 4.69) is 0 Å². The van der Waals surface area contributed by atoms with Crippen LogP contribution in [-0.2, 0) is 14.3 Å². The number of hydrogen-bond acceptors (Lipinski definition) is 4. The van der Waals surface area contributed by atoms with Crippen LogP contribution in [0.4, 0.5) is 0 Å². The molecule has 3 heterocycles. The highest BCUT2D eigenvalue weighted by Gasteiger charge is 2.54. The van der Waals surface area contributed by atoms with Crippen LogP contribution in [0.1, 0.15) is 51.7 Å². The van der Waals surface area contributed by atoms with E-state index in [4.69, 9.17) is 13.9 Å². The molecule has 104 valence electrons. The van der Waals surface area contributed by atoms with Crippen molar-refractivity contribution in [2.45, 2.75) is 63.4 Å². The summed E-state index contributed by atoms with van der Waals surface area (Å²) in [6.45, 7) is 5.91. The number of carbonyl (C=O) groups is 1. The van der Waals surface area contributed by atoms with Crippen molar-refractivity contribution in [3.63, 3.8) is 0 Å². The lowest BCUT2D eigenvalue weighted by Crippen LogP contribution is -2.30. The maximum atomic E-state index is 12.2. The second-order valence-electron chi connectivity index (χ2n) is 6.40. The molecular weight excluding hydrogens is 244 g/mol. The molecule has 0 amide bonds. The molecule has 0 aromatic carbocycles. The Morgan fingerprint density at radius 1 is 1.37 bits per heavy atom. The number of ether oxygens (including phenoxy) is 2. The van der Waals surface area contributed by atoms with Gasteiger partial charge in [0.15, 0.2) is 5.78 Å². The summed E-state index contributed by atoms with van der Waals surface area (Å²) in [5.41, 5.74) is 0.399. The highest BCUT2D eigenvalue weighted by molar-refractivity contribution is 5.87. The molecule has 0 N–H and O–H groups in total. The lowest BCUT2D eigenvalue weighted by molar-refractivity contribution is -0.127. The Kier molecular flexibility index (Phi) is 2.84. The van der Waals surface area contributed by atoms with Gasteiger partial charge in [0.25, 0.3) is 0 Å². The Bertz CT molecular complexity index is 476. The van der Waals surface area contributed by atoms with Gasteiger partial charge in [-0.3, -0.25) is 4.79 Å². The zero-order chi connectivity index (χ0) is 13.7. The molecule has 2 aliphatic rings. The quantitative estimate of drug-likeness (QED) is 0.784. The van der Waals surface area contributed by atoms with Gasteiger partial charge in [0.1, 0.15) is 6.10 Å². The first-order valence-electron chi connectivity index (χ1n) is 6.80. The smallest absolute Gasteiger partial charge is 0.167 e. The Hall–Kier alpha value is -1.13. The standard InChI is InChI=1S/C15H20O4/c1-14(2)13(19-14)11(16)8-15(3)6-4-12(18-15)10-5-7-17-9-10/h5,7,9,12-13H,4,6,8H2,1-3H3/t12-,13-,15-/m0/s1. The third kappa shape index (κ3) is 2.47. The predicted molar refractivity (Wildman–Crippen MR) is 68.7 cm³/mol. The normalized spacial score (nSPS) is 36.4. The fourth-order valence-corrected chi connectivity index (χ4v) is 2.91. The molecule has 4 heteroatoms. The molecule has 1 aromatic rings. The van der Waals surface area contributed by atoms with E-state index in [-0.39, 0.29) is 29.2 Å². The van der Waals surface area contributed by atoms with Crippen LogP contribution in [0, 0.1) is 0 Å². The minimum absolute atomic E-state index is 0.0460. The lowest BCUT2D eigenvalue weighted by atomic mass is 9.92. The highest BCUT2D eigenvalue weighted by Crippen LogP contribution is 2.44.